The van der Waals surface area contributed by atoms with Gasteiger partial charge in [-0.05, 0) is 93.2 Å². The first-order valence-corrected chi connectivity index (χ1v) is 14.9. The van der Waals surface area contributed by atoms with E-state index < -0.39 is 17.3 Å². The number of aromatic nitrogens is 2. The van der Waals surface area contributed by atoms with Crippen molar-refractivity contribution in [3.63, 3.8) is 0 Å². The van der Waals surface area contributed by atoms with E-state index in [1.54, 1.807) is 20.9 Å². The van der Waals surface area contributed by atoms with Crippen molar-refractivity contribution < 1.29 is 9.90 Å². The number of hydrazine groups is 1. The number of likely N-dealkylation sites (tertiary alicyclic amines) is 1. The van der Waals surface area contributed by atoms with Crippen LogP contribution in [0.5, 0.6) is 0 Å². The van der Waals surface area contributed by atoms with Crippen molar-refractivity contribution in [3.8, 4) is 0 Å². The van der Waals surface area contributed by atoms with Crippen LogP contribution in [0.25, 0.3) is 0 Å². The quantitative estimate of drug-likeness (QED) is 0.144. The number of imidazole rings is 1. The van der Waals surface area contributed by atoms with Gasteiger partial charge in [0.15, 0.2) is 0 Å². The second-order valence-electron chi connectivity index (χ2n) is 13.2. The van der Waals surface area contributed by atoms with Gasteiger partial charge in [-0.1, -0.05) is 30.7 Å². The van der Waals surface area contributed by atoms with Gasteiger partial charge in [0.1, 0.15) is 5.82 Å². The van der Waals surface area contributed by atoms with E-state index in [1.165, 1.54) is 48.2 Å². The number of rotatable bonds is 9. The molecular weight excluding hydrogens is 512 g/mol. The smallest absolute Gasteiger partial charge is 0.310 e. The van der Waals surface area contributed by atoms with E-state index in [2.05, 4.69) is 40.8 Å². The van der Waals surface area contributed by atoms with E-state index in [0.717, 1.165) is 46.7 Å². The first-order valence-electron chi connectivity index (χ1n) is 14.9. The zero-order chi connectivity index (χ0) is 29.3. The normalized spacial score (nSPS) is 25.6. The molecule has 2 saturated carbocycles. The first-order chi connectivity index (χ1) is 19.5. The average Bonchev–Trinajstić information content (AvgIpc) is 3.38. The summed E-state index contributed by atoms with van der Waals surface area (Å²) in [6.07, 6.45) is 10.8. The molecule has 5 unspecified atom stereocenters. The van der Waals surface area contributed by atoms with Gasteiger partial charge < -0.3 is 20.4 Å². The molecule has 3 aliphatic rings. The number of carbonyl (C=O) groups is 1. The number of aliphatic carboxylic acids is 1. The average molecular weight is 557 g/mol. The molecule has 5 atom stereocenters. The van der Waals surface area contributed by atoms with Crippen molar-refractivity contribution in [1.82, 2.24) is 14.5 Å². The molecule has 8 heteroatoms. The Balaban J connectivity index is 1.33. The summed E-state index contributed by atoms with van der Waals surface area (Å²) in [7, 11) is 1.75. The third-order valence-corrected chi connectivity index (χ3v) is 10.7. The predicted octanol–water partition coefficient (Wildman–Crippen LogP) is 5.20. The van der Waals surface area contributed by atoms with Gasteiger partial charge >= 0.3 is 5.97 Å². The molecular formula is C33H44N6O2. The third kappa shape index (κ3) is 4.34. The van der Waals surface area contributed by atoms with Gasteiger partial charge in [0, 0.05) is 43.5 Å². The highest BCUT2D eigenvalue weighted by molar-refractivity contribution is 5.78. The number of hydrogen-bond acceptors (Lipinski definition) is 6. The molecule has 0 amide bonds. The van der Waals surface area contributed by atoms with E-state index in [-0.39, 0.29) is 0 Å². The molecule has 3 fully saturated rings. The molecule has 6 rings (SSSR count). The van der Waals surface area contributed by atoms with Gasteiger partial charge in [0.2, 0.25) is 0 Å². The minimum Gasteiger partial charge on any atom is -0.481 e. The van der Waals surface area contributed by atoms with Crippen LogP contribution in [0.2, 0.25) is 0 Å². The fourth-order valence-electron chi connectivity index (χ4n) is 8.02. The van der Waals surface area contributed by atoms with Crippen molar-refractivity contribution >= 4 is 17.3 Å². The van der Waals surface area contributed by atoms with E-state index in [1.807, 2.05) is 25.3 Å². The Hall–Kier alpha value is -3.36. The van der Waals surface area contributed by atoms with Crippen molar-refractivity contribution in [1.29, 1.82) is 0 Å². The molecule has 2 aromatic carbocycles. The van der Waals surface area contributed by atoms with Crippen LogP contribution in [0.1, 0.15) is 85.5 Å². The molecule has 41 heavy (non-hydrogen) atoms. The van der Waals surface area contributed by atoms with Crippen molar-refractivity contribution in [2.24, 2.45) is 17.2 Å². The van der Waals surface area contributed by atoms with Crippen molar-refractivity contribution in [3.05, 3.63) is 76.4 Å². The van der Waals surface area contributed by atoms with E-state index >= 15 is 0 Å². The van der Waals surface area contributed by atoms with Gasteiger partial charge in [-0.15, -0.1) is 0 Å². The Morgan fingerprint density at radius 3 is 2.63 bits per heavy atom. The summed E-state index contributed by atoms with van der Waals surface area (Å²) in [5.41, 5.74) is 12.2. The number of nitrogens with two attached hydrogens (primary N) is 2. The molecule has 1 saturated heterocycles. The molecule has 1 spiro atoms. The fourth-order valence-corrected chi connectivity index (χ4v) is 8.02. The molecule has 8 nitrogen and oxygen atoms in total. The highest BCUT2D eigenvalue weighted by Gasteiger charge is 2.70. The second-order valence-corrected chi connectivity index (χ2v) is 13.2. The maximum atomic E-state index is 12.6. The number of benzene rings is 2. The standard InChI is InChI=1S/C33H44N6O2/c1-20-9-10-22(29(32(3,4)31(40)41)25-11-12-26(37(5)35)30(34)21(25)2)17-23(20)18-38-16-15-36-28(38)19-39-27-8-6-7-24-13-14-33(24,27)39/h9-12,15-17,24,27,29H,6-8,13-14,18-19,34-35H2,1-5H3,(H,40,41). The largest absolute Gasteiger partial charge is 0.481 e. The molecule has 218 valence electrons. The molecule has 3 aromatic rings. The van der Waals surface area contributed by atoms with Crippen LogP contribution >= 0.6 is 0 Å². The van der Waals surface area contributed by atoms with Crippen LogP contribution in [0.3, 0.4) is 0 Å². The topological polar surface area (TPSA) is 113 Å². The van der Waals surface area contributed by atoms with Crippen molar-refractivity contribution in [2.75, 3.05) is 17.8 Å². The number of aryl methyl sites for hydroxylation is 1. The lowest BCUT2D eigenvalue weighted by Gasteiger charge is -2.40. The summed E-state index contributed by atoms with van der Waals surface area (Å²) >= 11 is 0. The maximum Gasteiger partial charge on any atom is 0.310 e. The number of carboxylic acids is 1. The Bertz CT molecular complexity index is 1490. The van der Waals surface area contributed by atoms with E-state index in [4.69, 9.17) is 16.6 Å². The number of anilines is 2. The minimum atomic E-state index is -1.08. The summed E-state index contributed by atoms with van der Waals surface area (Å²) in [5, 5.41) is 11.8. The second kappa shape index (κ2) is 9.88. The summed E-state index contributed by atoms with van der Waals surface area (Å²) in [6.45, 7) is 9.27. The molecule has 0 radical (unpaired) electrons. The van der Waals surface area contributed by atoms with Crippen LogP contribution in [-0.4, -0.2) is 44.2 Å². The van der Waals surface area contributed by atoms with Gasteiger partial charge in [-0.25, -0.2) is 10.8 Å². The summed E-state index contributed by atoms with van der Waals surface area (Å²) in [4.78, 5) is 20.1. The Morgan fingerprint density at radius 1 is 1.20 bits per heavy atom. The molecule has 5 N–H and O–H groups in total. The van der Waals surface area contributed by atoms with Gasteiger partial charge in [0.05, 0.1) is 23.3 Å². The van der Waals surface area contributed by atoms with Crippen LogP contribution < -0.4 is 16.6 Å². The third-order valence-electron chi connectivity index (χ3n) is 10.7. The van der Waals surface area contributed by atoms with E-state index in [0.29, 0.717) is 17.8 Å². The Labute approximate surface area is 243 Å². The van der Waals surface area contributed by atoms with Gasteiger partial charge in [-0.3, -0.25) is 9.69 Å². The lowest BCUT2D eigenvalue weighted by Crippen LogP contribution is -2.42. The molecule has 1 aliphatic heterocycles. The highest BCUT2D eigenvalue weighted by atomic mass is 16.4. The van der Waals surface area contributed by atoms with Crippen LogP contribution in [0.4, 0.5) is 11.4 Å². The van der Waals surface area contributed by atoms with Gasteiger partial charge in [0.25, 0.3) is 0 Å². The number of nitrogens with zero attached hydrogens (tertiary/aromatic N) is 4. The lowest BCUT2D eigenvalue weighted by atomic mass is 9.65. The predicted molar refractivity (Wildman–Crippen MR) is 163 cm³/mol. The zero-order valence-electron chi connectivity index (χ0n) is 25.0. The summed E-state index contributed by atoms with van der Waals surface area (Å²) in [6, 6.07) is 11.0. The maximum absolute atomic E-state index is 12.6. The van der Waals surface area contributed by atoms with Crippen LogP contribution in [0, 0.1) is 25.2 Å². The summed E-state index contributed by atoms with van der Waals surface area (Å²) < 4.78 is 2.27. The highest BCUT2D eigenvalue weighted by Crippen LogP contribution is 2.65. The minimum absolute atomic E-state index is 0.406. The molecule has 0 bridgehead atoms. The van der Waals surface area contributed by atoms with Crippen molar-refractivity contribution in [2.45, 2.75) is 90.4 Å². The molecule has 2 heterocycles. The van der Waals surface area contributed by atoms with Crippen LogP contribution in [-0.2, 0) is 17.9 Å². The van der Waals surface area contributed by atoms with Crippen LogP contribution in [0.15, 0.2) is 42.7 Å². The monoisotopic (exact) mass is 556 g/mol. The Morgan fingerprint density at radius 2 is 1.98 bits per heavy atom. The van der Waals surface area contributed by atoms with Gasteiger partial charge in [-0.2, -0.15) is 0 Å². The summed E-state index contributed by atoms with van der Waals surface area (Å²) in [5.74, 6) is 6.73. The Kier molecular flexibility index (Phi) is 6.70. The SMILES string of the molecule is Cc1ccc(C(c2ccc(N(C)N)c(N)c2C)C(C)(C)C(=O)O)cc1Cn1ccnc1CN1C2CCCC3CCC321. The molecule has 2 aliphatic carbocycles. The number of hydrogen-bond donors (Lipinski definition) is 3. The fraction of sp³-hybridized carbons (Fsp3) is 0.515. The number of nitrogen functional groups attached to an aromatic ring is 1. The van der Waals surface area contributed by atoms with E-state index in [9.17, 15) is 9.90 Å². The molecule has 1 aromatic heterocycles. The first kappa shape index (κ1) is 27.8. The lowest BCUT2D eigenvalue weighted by molar-refractivity contribution is -0.147. The zero-order valence-corrected chi connectivity index (χ0v) is 25.0. The number of carboxylic acid groups (broad SMARTS) is 1.